The van der Waals surface area contributed by atoms with E-state index in [4.69, 9.17) is 23.2 Å². The van der Waals surface area contributed by atoms with E-state index in [0.717, 1.165) is 5.56 Å². The number of sulfonamides is 1. The van der Waals surface area contributed by atoms with E-state index in [1.807, 2.05) is 25.1 Å². The van der Waals surface area contributed by atoms with Gasteiger partial charge in [-0.3, -0.25) is 4.72 Å². The summed E-state index contributed by atoms with van der Waals surface area (Å²) in [6, 6.07) is 17.4. The molecule has 0 saturated heterocycles. The molecule has 0 atom stereocenters. The van der Waals surface area contributed by atoms with Crippen molar-refractivity contribution in [2.24, 2.45) is 0 Å². The third-order valence-corrected chi connectivity index (χ3v) is 6.65. The summed E-state index contributed by atoms with van der Waals surface area (Å²) in [5.41, 5.74) is 3.13. The van der Waals surface area contributed by atoms with Crippen LogP contribution in [0.2, 0.25) is 10.0 Å². The number of nitrogens with zero attached hydrogens (tertiary/aromatic N) is 2. The van der Waals surface area contributed by atoms with Crippen molar-refractivity contribution in [3.05, 3.63) is 81.8 Å². The molecule has 0 aliphatic heterocycles. The molecule has 0 spiro atoms. The first-order valence-electron chi connectivity index (χ1n) is 9.32. The quantitative estimate of drug-likeness (QED) is 0.366. The molecular formula is C22H18Cl2N4O2S. The number of fused-ring (bicyclic) bond motifs is 1. The topological polar surface area (TPSA) is 84.0 Å². The van der Waals surface area contributed by atoms with Crippen molar-refractivity contribution < 1.29 is 8.42 Å². The third-order valence-electron chi connectivity index (χ3n) is 4.62. The molecule has 0 amide bonds. The zero-order valence-electron chi connectivity index (χ0n) is 16.6. The number of benzene rings is 3. The van der Waals surface area contributed by atoms with Crippen LogP contribution in [0.3, 0.4) is 0 Å². The molecule has 6 nitrogen and oxygen atoms in total. The monoisotopic (exact) mass is 472 g/mol. The summed E-state index contributed by atoms with van der Waals surface area (Å²) >= 11 is 12.3. The van der Waals surface area contributed by atoms with Crippen LogP contribution in [0, 0.1) is 13.8 Å². The lowest BCUT2D eigenvalue weighted by atomic mass is 10.2. The molecule has 31 heavy (non-hydrogen) atoms. The van der Waals surface area contributed by atoms with Crippen LogP contribution in [0.15, 0.2) is 65.6 Å². The van der Waals surface area contributed by atoms with Gasteiger partial charge in [-0.05, 0) is 61.4 Å². The summed E-state index contributed by atoms with van der Waals surface area (Å²) in [6.45, 7) is 3.58. The normalized spacial score (nSPS) is 11.5. The number of para-hydroxylation sites is 2. The van der Waals surface area contributed by atoms with Crippen LogP contribution >= 0.6 is 23.2 Å². The highest BCUT2D eigenvalue weighted by Crippen LogP contribution is 2.32. The highest BCUT2D eigenvalue weighted by Gasteiger charge is 2.21. The predicted octanol–water partition coefficient (Wildman–Crippen LogP) is 6.10. The van der Waals surface area contributed by atoms with Crippen LogP contribution in [-0.4, -0.2) is 18.4 Å². The van der Waals surface area contributed by atoms with Gasteiger partial charge in [-0.15, -0.1) is 0 Å². The average molecular weight is 473 g/mol. The van der Waals surface area contributed by atoms with Gasteiger partial charge in [0.2, 0.25) is 0 Å². The van der Waals surface area contributed by atoms with Gasteiger partial charge >= 0.3 is 0 Å². The second-order valence-electron chi connectivity index (χ2n) is 7.03. The number of hydrogen-bond donors (Lipinski definition) is 2. The Kier molecular flexibility index (Phi) is 5.75. The van der Waals surface area contributed by atoms with Crippen LogP contribution in [0.25, 0.3) is 11.0 Å². The molecule has 1 heterocycles. The Hall–Kier alpha value is -2.87. The minimum absolute atomic E-state index is 0.0608. The van der Waals surface area contributed by atoms with Crippen LogP contribution in [0.1, 0.15) is 11.1 Å². The molecule has 4 rings (SSSR count). The molecule has 0 aliphatic rings. The molecule has 4 aromatic rings. The molecule has 3 aromatic carbocycles. The maximum Gasteiger partial charge on any atom is 0.263 e. The van der Waals surface area contributed by atoms with E-state index in [1.165, 1.54) is 0 Å². The first-order chi connectivity index (χ1) is 14.7. The SMILES string of the molecule is Cc1ccc(C)c(S(=O)(=O)Nc2nc3ccccc3nc2Nc2ccc(Cl)cc2Cl)c1. The number of anilines is 3. The first-order valence-corrected chi connectivity index (χ1v) is 11.6. The number of halogens is 2. The number of nitrogens with one attached hydrogen (secondary N) is 2. The zero-order valence-corrected chi connectivity index (χ0v) is 19.0. The Morgan fingerprint density at radius 3 is 2.19 bits per heavy atom. The van der Waals surface area contributed by atoms with E-state index < -0.39 is 10.0 Å². The maximum atomic E-state index is 13.2. The first kappa shape index (κ1) is 21.4. The second-order valence-corrected chi connectivity index (χ2v) is 9.53. The smallest absolute Gasteiger partial charge is 0.263 e. The second kappa shape index (κ2) is 8.34. The average Bonchev–Trinajstić information content (AvgIpc) is 2.72. The fourth-order valence-electron chi connectivity index (χ4n) is 3.06. The van der Waals surface area contributed by atoms with Crippen LogP contribution in [-0.2, 0) is 10.0 Å². The van der Waals surface area contributed by atoms with Gasteiger partial charge in [0.1, 0.15) is 0 Å². The molecule has 0 unspecified atom stereocenters. The van der Waals surface area contributed by atoms with Gasteiger partial charge in [0.25, 0.3) is 10.0 Å². The van der Waals surface area contributed by atoms with Gasteiger partial charge in [-0.2, -0.15) is 0 Å². The van der Waals surface area contributed by atoms with Crippen LogP contribution in [0.5, 0.6) is 0 Å². The van der Waals surface area contributed by atoms with Crippen molar-refractivity contribution in [1.82, 2.24) is 9.97 Å². The molecule has 0 aliphatic carbocycles. The standard InChI is InChI=1S/C22H18Cl2N4O2S/c1-13-7-8-14(2)20(11-13)31(29,30)28-22-21(25-17-10-9-15(23)12-16(17)24)26-18-5-3-4-6-19(18)27-22/h3-12H,1-2H3,(H,25,26)(H,27,28). The van der Waals surface area contributed by atoms with Crippen molar-refractivity contribution >= 4 is 61.6 Å². The lowest BCUT2D eigenvalue weighted by molar-refractivity contribution is 0.600. The van der Waals surface area contributed by atoms with E-state index in [9.17, 15) is 8.42 Å². The summed E-state index contributed by atoms with van der Waals surface area (Å²) in [5, 5.41) is 3.92. The Morgan fingerprint density at radius 1 is 0.839 bits per heavy atom. The minimum Gasteiger partial charge on any atom is -0.336 e. The highest BCUT2D eigenvalue weighted by atomic mass is 35.5. The molecule has 158 valence electrons. The predicted molar refractivity (Wildman–Crippen MR) is 126 cm³/mol. The Labute approximate surface area is 190 Å². The van der Waals surface area contributed by atoms with E-state index >= 15 is 0 Å². The van der Waals surface area contributed by atoms with Crippen molar-refractivity contribution in [1.29, 1.82) is 0 Å². The maximum absolute atomic E-state index is 13.2. The summed E-state index contributed by atoms with van der Waals surface area (Å²) < 4.78 is 28.9. The van der Waals surface area contributed by atoms with Gasteiger partial charge < -0.3 is 5.32 Å². The van der Waals surface area contributed by atoms with E-state index in [0.29, 0.717) is 32.3 Å². The fraction of sp³-hybridized carbons (Fsp3) is 0.0909. The van der Waals surface area contributed by atoms with E-state index in [1.54, 1.807) is 49.4 Å². The zero-order chi connectivity index (χ0) is 22.2. The Morgan fingerprint density at radius 2 is 1.52 bits per heavy atom. The molecule has 1 aromatic heterocycles. The minimum atomic E-state index is -3.91. The van der Waals surface area contributed by atoms with Gasteiger partial charge in [-0.1, -0.05) is 47.5 Å². The van der Waals surface area contributed by atoms with Gasteiger partial charge in [-0.25, -0.2) is 18.4 Å². The number of hydrogen-bond acceptors (Lipinski definition) is 5. The van der Waals surface area contributed by atoms with E-state index in [-0.39, 0.29) is 16.5 Å². The third kappa shape index (κ3) is 4.58. The lowest BCUT2D eigenvalue weighted by Gasteiger charge is -2.15. The van der Waals surface area contributed by atoms with Crippen LogP contribution in [0.4, 0.5) is 17.3 Å². The molecular weight excluding hydrogens is 455 g/mol. The van der Waals surface area contributed by atoms with E-state index in [2.05, 4.69) is 20.0 Å². The fourth-order valence-corrected chi connectivity index (χ4v) is 4.85. The number of aromatic nitrogens is 2. The Balaban J connectivity index is 1.82. The molecule has 9 heteroatoms. The van der Waals surface area contributed by atoms with Crippen LogP contribution < -0.4 is 10.0 Å². The molecule has 0 radical (unpaired) electrons. The molecule has 2 N–H and O–H groups in total. The van der Waals surface area contributed by atoms with Crippen molar-refractivity contribution in [3.8, 4) is 0 Å². The molecule has 0 saturated carbocycles. The Bertz CT molecular complexity index is 1410. The highest BCUT2D eigenvalue weighted by molar-refractivity contribution is 7.92. The summed E-state index contributed by atoms with van der Waals surface area (Å²) in [7, 11) is -3.91. The summed E-state index contributed by atoms with van der Waals surface area (Å²) in [4.78, 5) is 9.24. The lowest BCUT2D eigenvalue weighted by Crippen LogP contribution is -2.17. The van der Waals surface area contributed by atoms with Gasteiger partial charge in [0.05, 0.1) is 26.6 Å². The number of aryl methyl sites for hydroxylation is 2. The van der Waals surface area contributed by atoms with Gasteiger partial charge in [0.15, 0.2) is 11.6 Å². The largest absolute Gasteiger partial charge is 0.336 e. The number of rotatable bonds is 5. The van der Waals surface area contributed by atoms with Crippen molar-refractivity contribution in [3.63, 3.8) is 0 Å². The summed E-state index contributed by atoms with van der Waals surface area (Å²) in [5.74, 6) is 0.280. The molecule has 0 bridgehead atoms. The molecule has 0 fully saturated rings. The summed E-state index contributed by atoms with van der Waals surface area (Å²) in [6.07, 6.45) is 0. The van der Waals surface area contributed by atoms with Crippen molar-refractivity contribution in [2.45, 2.75) is 18.7 Å². The van der Waals surface area contributed by atoms with Crippen molar-refractivity contribution in [2.75, 3.05) is 10.0 Å². The van der Waals surface area contributed by atoms with Gasteiger partial charge in [0, 0.05) is 5.02 Å².